The van der Waals surface area contributed by atoms with Crippen LogP contribution in [0.1, 0.15) is 56.8 Å². The van der Waals surface area contributed by atoms with E-state index in [9.17, 15) is 9.90 Å². The molecule has 0 fully saturated rings. The third-order valence-corrected chi connectivity index (χ3v) is 3.40. The van der Waals surface area contributed by atoms with E-state index in [4.69, 9.17) is 0 Å². The van der Waals surface area contributed by atoms with E-state index < -0.39 is 6.10 Å². The summed E-state index contributed by atoms with van der Waals surface area (Å²) in [6.45, 7) is 6.32. The third kappa shape index (κ3) is 6.67. The normalized spacial score (nSPS) is 13.6. The summed E-state index contributed by atoms with van der Waals surface area (Å²) >= 11 is 0. The van der Waals surface area contributed by atoms with Crippen LogP contribution in [0.5, 0.6) is 0 Å². The van der Waals surface area contributed by atoms with Gasteiger partial charge in [-0.15, -0.1) is 0 Å². The quantitative estimate of drug-likeness (QED) is 0.564. The molecule has 2 unspecified atom stereocenters. The fourth-order valence-corrected chi connectivity index (χ4v) is 2.28. The lowest BCUT2D eigenvalue weighted by Crippen LogP contribution is -2.16. The molecule has 0 radical (unpaired) electrons. The van der Waals surface area contributed by atoms with Crippen molar-refractivity contribution in [1.82, 2.24) is 0 Å². The van der Waals surface area contributed by atoms with Crippen molar-refractivity contribution in [2.24, 2.45) is 5.92 Å². The van der Waals surface area contributed by atoms with Crippen molar-refractivity contribution in [2.75, 3.05) is 0 Å². The van der Waals surface area contributed by atoms with Gasteiger partial charge in [-0.3, -0.25) is 4.79 Å². The van der Waals surface area contributed by atoms with Crippen LogP contribution >= 0.6 is 0 Å². The van der Waals surface area contributed by atoms with Crippen molar-refractivity contribution >= 4 is 5.78 Å². The average molecular weight is 274 g/mol. The van der Waals surface area contributed by atoms with Gasteiger partial charge in [-0.05, 0) is 39.0 Å². The molecule has 1 aromatic rings. The van der Waals surface area contributed by atoms with Gasteiger partial charge in [0.2, 0.25) is 0 Å². The van der Waals surface area contributed by atoms with Crippen LogP contribution in [-0.4, -0.2) is 17.0 Å². The van der Waals surface area contributed by atoms with Crippen molar-refractivity contribution in [3.05, 3.63) is 47.5 Å². The zero-order valence-electron chi connectivity index (χ0n) is 12.8. The Bertz CT molecular complexity index is 430. The number of hydrogen-bond acceptors (Lipinski definition) is 2. The molecule has 1 aromatic carbocycles. The van der Waals surface area contributed by atoms with Crippen LogP contribution in [0, 0.1) is 5.92 Å². The second-order valence-corrected chi connectivity index (χ2v) is 5.85. The van der Waals surface area contributed by atoms with Crippen LogP contribution in [-0.2, 0) is 0 Å². The first-order chi connectivity index (χ1) is 9.49. The summed E-state index contributed by atoms with van der Waals surface area (Å²) < 4.78 is 0. The molecule has 1 rings (SSSR count). The summed E-state index contributed by atoms with van der Waals surface area (Å²) in [4.78, 5) is 12.0. The molecule has 1 N–H and O–H groups in total. The molecule has 0 aliphatic carbocycles. The van der Waals surface area contributed by atoms with E-state index in [-0.39, 0.29) is 12.2 Å². The van der Waals surface area contributed by atoms with Crippen molar-refractivity contribution in [3.63, 3.8) is 0 Å². The largest absolute Gasteiger partial charge is 0.393 e. The summed E-state index contributed by atoms with van der Waals surface area (Å²) in [5, 5.41) is 10.0. The smallest absolute Gasteiger partial charge is 0.165 e. The highest BCUT2D eigenvalue weighted by Gasteiger charge is 2.15. The third-order valence-electron chi connectivity index (χ3n) is 3.40. The van der Waals surface area contributed by atoms with Gasteiger partial charge in [-0.1, -0.05) is 48.9 Å². The van der Waals surface area contributed by atoms with E-state index in [2.05, 4.69) is 26.8 Å². The SMILES string of the molecule is CC(C)=CCCC(C)CC(O)CC(=O)c1ccccc1. The Kier molecular flexibility index (Phi) is 7.24. The van der Waals surface area contributed by atoms with Crippen molar-refractivity contribution in [2.45, 2.75) is 52.6 Å². The zero-order chi connectivity index (χ0) is 15.0. The van der Waals surface area contributed by atoms with Crippen LogP contribution in [0.4, 0.5) is 0 Å². The molecular formula is C18H26O2. The van der Waals surface area contributed by atoms with E-state index in [1.807, 2.05) is 18.2 Å². The monoisotopic (exact) mass is 274 g/mol. The molecule has 0 spiro atoms. The van der Waals surface area contributed by atoms with Gasteiger partial charge in [-0.2, -0.15) is 0 Å². The molecule has 2 nitrogen and oxygen atoms in total. The minimum Gasteiger partial charge on any atom is -0.393 e. The van der Waals surface area contributed by atoms with Gasteiger partial charge in [0, 0.05) is 12.0 Å². The van der Waals surface area contributed by atoms with Gasteiger partial charge in [0.25, 0.3) is 0 Å². The Labute approximate surface area is 122 Å². The minimum atomic E-state index is -0.538. The van der Waals surface area contributed by atoms with Crippen LogP contribution in [0.15, 0.2) is 42.0 Å². The fraction of sp³-hybridized carbons (Fsp3) is 0.500. The Morgan fingerprint density at radius 3 is 2.50 bits per heavy atom. The van der Waals surface area contributed by atoms with Crippen molar-refractivity contribution < 1.29 is 9.90 Å². The number of benzene rings is 1. The van der Waals surface area contributed by atoms with Gasteiger partial charge in [-0.25, -0.2) is 0 Å². The highest BCUT2D eigenvalue weighted by molar-refractivity contribution is 5.96. The lowest BCUT2D eigenvalue weighted by atomic mass is 9.94. The van der Waals surface area contributed by atoms with E-state index in [0.717, 1.165) is 12.8 Å². The van der Waals surface area contributed by atoms with Gasteiger partial charge >= 0.3 is 0 Å². The van der Waals surface area contributed by atoms with Gasteiger partial charge < -0.3 is 5.11 Å². The number of Topliss-reactive ketones (excluding diaryl/α,β-unsaturated/α-hetero) is 1. The van der Waals surface area contributed by atoms with Crippen molar-refractivity contribution in [1.29, 1.82) is 0 Å². The lowest BCUT2D eigenvalue weighted by molar-refractivity contribution is 0.0839. The van der Waals surface area contributed by atoms with Crippen LogP contribution in [0.2, 0.25) is 0 Å². The Morgan fingerprint density at radius 2 is 1.90 bits per heavy atom. The number of hydrogen-bond donors (Lipinski definition) is 1. The maximum absolute atomic E-state index is 12.0. The van der Waals surface area contributed by atoms with Crippen LogP contribution in [0.3, 0.4) is 0 Å². The van der Waals surface area contributed by atoms with Crippen LogP contribution in [0.25, 0.3) is 0 Å². The molecule has 0 aromatic heterocycles. The van der Waals surface area contributed by atoms with E-state index in [1.54, 1.807) is 12.1 Å². The number of aliphatic hydroxyl groups is 1. The first kappa shape index (κ1) is 16.6. The molecule has 0 heterocycles. The van der Waals surface area contributed by atoms with E-state index >= 15 is 0 Å². The highest BCUT2D eigenvalue weighted by Crippen LogP contribution is 2.17. The van der Waals surface area contributed by atoms with Gasteiger partial charge in [0.15, 0.2) is 5.78 Å². The maximum Gasteiger partial charge on any atom is 0.165 e. The summed E-state index contributed by atoms with van der Waals surface area (Å²) in [6, 6.07) is 9.18. The van der Waals surface area contributed by atoms with Gasteiger partial charge in [0.05, 0.1) is 6.10 Å². The number of carbonyl (C=O) groups excluding carboxylic acids is 1. The van der Waals surface area contributed by atoms with E-state index in [0.29, 0.717) is 17.9 Å². The molecular weight excluding hydrogens is 248 g/mol. The van der Waals surface area contributed by atoms with Crippen molar-refractivity contribution in [3.8, 4) is 0 Å². The Balaban J connectivity index is 2.34. The summed E-state index contributed by atoms with van der Waals surface area (Å²) in [5.41, 5.74) is 2.01. The summed E-state index contributed by atoms with van der Waals surface area (Å²) in [5.74, 6) is 0.457. The standard InChI is InChI=1S/C18H26O2/c1-14(2)8-7-9-15(3)12-17(19)13-18(20)16-10-5-4-6-11-16/h4-6,8,10-11,15,17,19H,7,9,12-13H2,1-3H3. The second kappa shape index (κ2) is 8.70. The molecule has 0 saturated carbocycles. The highest BCUT2D eigenvalue weighted by atomic mass is 16.3. The fourth-order valence-electron chi connectivity index (χ4n) is 2.28. The molecule has 2 atom stereocenters. The summed E-state index contributed by atoms with van der Waals surface area (Å²) in [6.07, 6.45) is 4.69. The lowest BCUT2D eigenvalue weighted by Gasteiger charge is -2.15. The number of aliphatic hydroxyl groups excluding tert-OH is 1. The molecule has 0 aliphatic rings. The minimum absolute atomic E-state index is 0.0228. The molecule has 20 heavy (non-hydrogen) atoms. The predicted octanol–water partition coefficient (Wildman–Crippen LogP) is 4.39. The number of ketones is 1. The molecule has 0 aliphatic heterocycles. The maximum atomic E-state index is 12.0. The average Bonchev–Trinajstić information content (AvgIpc) is 2.38. The number of carbonyl (C=O) groups is 1. The van der Waals surface area contributed by atoms with Crippen LogP contribution < -0.4 is 0 Å². The molecule has 0 saturated heterocycles. The second-order valence-electron chi connectivity index (χ2n) is 5.85. The zero-order valence-corrected chi connectivity index (χ0v) is 12.8. The van der Waals surface area contributed by atoms with Gasteiger partial charge in [0.1, 0.15) is 0 Å². The molecule has 2 heteroatoms. The molecule has 0 bridgehead atoms. The molecule has 0 amide bonds. The topological polar surface area (TPSA) is 37.3 Å². The Hall–Kier alpha value is -1.41. The number of rotatable bonds is 8. The first-order valence-electron chi connectivity index (χ1n) is 7.38. The Morgan fingerprint density at radius 1 is 1.25 bits per heavy atom. The van der Waals surface area contributed by atoms with E-state index in [1.165, 1.54) is 5.57 Å². The summed E-state index contributed by atoms with van der Waals surface area (Å²) in [7, 11) is 0. The number of allylic oxidation sites excluding steroid dienone is 2. The predicted molar refractivity (Wildman–Crippen MR) is 83.8 cm³/mol. The first-order valence-corrected chi connectivity index (χ1v) is 7.38. The molecule has 110 valence electrons.